The molecule has 0 atom stereocenters. The van der Waals surface area contributed by atoms with E-state index in [2.05, 4.69) is 46.6 Å². The second kappa shape index (κ2) is 4.33. The minimum absolute atomic E-state index is 0.377. The van der Waals surface area contributed by atoms with Gasteiger partial charge in [0.1, 0.15) is 0 Å². The Morgan fingerprint density at radius 1 is 1.22 bits per heavy atom. The van der Waals surface area contributed by atoms with Crippen molar-refractivity contribution in [2.45, 2.75) is 33.4 Å². The van der Waals surface area contributed by atoms with E-state index in [1.54, 1.807) is 0 Å². The zero-order valence-electron chi connectivity index (χ0n) is 11.2. The van der Waals surface area contributed by atoms with E-state index in [0.717, 1.165) is 5.69 Å². The van der Waals surface area contributed by atoms with Gasteiger partial charge in [0, 0.05) is 5.69 Å². The van der Waals surface area contributed by atoms with Crippen molar-refractivity contribution in [2.24, 2.45) is 15.7 Å². The summed E-state index contributed by atoms with van der Waals surface area (Å²) in [7, 11) is 0. The number of anilines is 1. The third-order valence-electron chi connectivity index (χ3n) is 2.66. The van der Waals surface area contributed by atoms with Crippen LogP contribution in [0.1, 0.15) is 25.0 Å². The van der Waals surface area contributed by atoms with Gasteiger partial charge < -0.3 is 11.1 Å². The van der Waals surface area contributed by atoms with Crippen LogP contribution in [0.25, 0.3) is 0 Å². The molecule has 96 valence electrons. The van der Waals surface area contributed by atoms with Gasteiger partial charge in [0.25, 0.3) is 0 Å². The maximum absolute atomic E-state index is 5.73. The lowest BCUT2D eigenvalue weighted by atomic mass is 10.1. The topological polar surface area (TPSA) is 74.8 Å². The Morgan fingerprint density at radius 3 is 2.56 bits per heavy atom. The first-order valence-electron chi connectivity index (χ1n) is 5.92. The fourth-order valence-corrected chi connectivity index (χ4v) is 1.91. The minimum atomic E-state index is -0.531. The van der Waals surface area contributed by atoms with Crippen molar-refractivity contribution in [1.82, 2.24) is 5.32 Å². The molecule has 0 saturated carbocycles. The molecule has 0 radical (unpaired) electrons. The lowest BCUT2D eigenvalue weighted by Gasteiger charge is -2.24. The molecule has 0 fully saturated rings. The van der Waals surface area contributed by atoms with E-state index < -0.39 is 5.66 Å². The number of rotatable bonds is 1. The highest BCUT2D eigenvalue weighted by Crippen LogP contribution is 2.18. The van der Waals surface area contributed by atoms with Gasteiger partial charge in [0.2, 0.25) is 5.96 Å². The Labute approximate surface area is 107 Å². The first kappa shape index (κ1) is 12.4. The van der Waals surface area contributed by atoms with Crippen LogP contribution in [0, 0.1) is 13.8 Å². The molecule has 0 saturated heterocycles. The van der Waals surface area contributed by atoms with Gasteiger partial charge in [-0.25, -0.2) is 9.98 Å². The summed E-state index contributed by atoms with van der Waals surface area (Å²) in [5.74, 6) is 1.00. The summed E-state index contributed by atoms with van der Waals surface area (Å²) in [5.41, 5.74) is 8.61. The van der Waals surface area contributed by atoms with E-state index in [-0.39, 0.29) is 0 Å². The zero-order valence-corrected chi connectivity index (χ0v) is 11.2. The van der Waals surface area contributed by atoms with Gasteiger partial charge in [0.15, 0.2) is 11.6 Å². The molecular weight excluding hydrogens is 226 g/mol. The highest BCUT2D eigenvalue weighted by Gasteiger charge is 2.21. The van der Waals surface area contributed by atoms with Crippen molar-refractivity contribution in [3.63, 3.8) is 0 Å². The van der Waals surface area contributed by atoms with Gasteiger partial charge in [-0.15, -0.1) is 0 Å². The molecule has 0 unspecified atom stereocenters. The molecule has 1 aromatic rings. The molecular formula is C13H19N5. The molecule has 1 aromatic carbocycles. The molecule has 5 heteroatoms. The Kier molecular flexibility index (Phi) is 2.98. The smallest absolute Gasteiger partial charge is 0.205 e. The molecule has 1 heterocycles. The number of hydrogen-bond acceptors (Lipinski definition) is 5. The van der Waals surface area contributed by atoms with Crippen LogP contribution in [0.2, 0.25) is 0 Å². The van der Waals surface area contributed by atoms with Gasteiger partial charge in [0.05, 0.1) is 0 Å². The summed E-state index contributed by atoms with van der Waals surface area (Å²) in [6.45, 7) is 7.94. The number of nitrogens with one attached hydrogen (secondary N) is 2. The Hall–Kier alpha value is -2.04. The number of nitrogens with two attached hydrogens (primary N) is 1. The van der Waals surface area contributed by atoms with Crippen molar-refractivity contribution in [1.29, 1.82) is 0 Å². The quantitative estimate of drug-likeness (QED) is 0.705. The van der Waals surface area contributed by atoms with Gasteiger partial charge in [-0.1, -0.05) is 17.7 Å². The molecule has 0 amide bonds. The van der Waals surface area contributed by atoms with E-state index in [9.17, 15) is 0 Å². The van der Waals surface area contributed by atoms with Crippen LogP contribution >= 0.6 is 0 Å². The Bertz CT molecular complexity index is 528. The number of nitrogens with zero attached hydrogens (tertiary/aromatic N) is 2. The minimum Gasteiger partial charge on any atom is -0.370 e. The summed E-state index contributed by atoms with van der Waals surface area (Å²) < 4.78 is 0. The monoisotopic (exact) mass is 245 g/mol. The van der Waals surface area contributed by atoms with Crippen LogP contribution < -0.4 is 16.4 Å². The number of guanidine groups is 2. The van der Waals surface area contributed by atoms with Gasteiger partial charge in [-0.3, -0.25) is 5.32 Å². The molecule has 0 aromatic heterocycles. The van der Waals surface area contributed by atoms with Crippen LogP contribution in [0.15, 0.2) is 28.2 Å². The van der Waals surface area contributed by atoms with Crippen molar-refractivity contribution in [2.75, 3.05) is 5.32 Å². The zero-order chi connectivity index (χ0) is 13.3. The van der Waals surface area contributed by atoms with Crippen molar-refractivity contribution in [3.8, 4) is 0 Å². The predicted molar refractivity (Wildman–Crippen MR) is 75.8 cm³/mol. The van der Waals surface area contributed by atoms with E-state index in [4.69, 9.17) is 5.73 Å². The molecule has 1 aliphatic rings. The largest absolute Gasteiger partial charge is 0.370 e. The maximum atomic E-state index is 5.73. The molecule has 0 aliphatic carbocycles. The van der Waals surface area contributed by atoms with Crippen LogP contribution in [-0.2, 0) is 0 Å². The van der Waals surface area contributed by atoms with E-state index in [1.807, 2.05) is 19.9 Å². The predicted octanol–water partition coefficient (Wildman–Crippen LogP) is 1.73. The number of aliphatic imine (C=N–C) groups is 2. The SMILES string of the molecule is Cc1ccc(NC2=NC(C)(C)N=C(N)N2)c(C)c1. The first-order valence-corrected chi connectivity index (χ1v) is 5.92. The standard InChI is InChI=1S/C13H19N5/c1-8-5-6-10(9(2)7-8)15-12-16-11(14)17-13(3,4)18-12/h5-7H,1-4H3,(H4,14,15,16,17,18). The fraction of sp³-hybridized carbons (Fsp3) is 0.385. The molecule has 2 rings (SSSR count). The van der Waals surface area contributed by atoms with Gasteiger partial charge in [-0.05, 0) is 39.3 Å². The van der Waals surface area contributed by atoms with Gasteiger partial charge in [-0.2, -0.15) is 0 Å². The highest BCUT2D eigenvalue weighted by molar-refractivity contribution is 6.06. The third kappa shape index (κ3) is 2.80. The molecule has 4 N–H and O–H groups in total. The number of benzene rings is 1. The second-order valence-electron chi connectivity index (χ2n) is 5.02. The number of aryl methyl sites for hydroxylation is 2. The summed E-state index contributed by atoms with van der Waals surface area (Å²) in [4.78, 5) is 8.65. The van der Waals surface area contributed by atoms with Crippen LogP contribution in [0.3, 0.4) is 0 Å². The average Bonchev–Trinajstić information content (AvgIpc) is 2.19. The normalized spacial score (nSPS) is 17.6. The molecule has 0 spiro atoms. The van der Waals surface area contributed by atoms with Crippen LogP contribution in [0.5, 0.6) is 0 Å². The van der Waals surface area contributed by atoms with Gasteiger partial charge >= 0.3 is 0 Å². The van der Waals surface area contributed by atoms with Crippen molar-refractivity contribution in [3.05, 3.63) is 29.3 Å². The molecule has 18 heavy (non-hydrogen) atoms. The summed E-state index contributed by atoms with van der Waals surface area (Å²) in [6, 6.07) is 6.21. The highest BCUT2D eigenvalue weighted by atomic mass is 15.3. The summed E-state index contributed by atoms with van der Waals surface area (Å²) >= 11 is 0. The first-order chi connectivity index (χ1) is 8.35. The molecule has 0 bridgehead atoms. The molecule has 5 nitrogen and oxygen atoms in total. The van der Waals surface area contributed by atoms with E-state index >= 15 is 0 Å². The van der Waals surface area contributed by atoms with Crippen LogP contribution in [0.4, 0.5) is 5.69 Å². The van der Waals surface area contributed by atoms with Crippen molar-refractivity contribution >= 4 is 17.6 Å². The summed E-state index contributed by atoms with van der Waals surface area (Å²) in [6.07, 6.45) is 0. The lowest BCUT2D eigenvalue weighted by molar-refractivity contribution is 0.541. The Balaban J connectivity index is 2.22. The third-order valence-corrected chi connectivity index (χ3v) is 2.66. The fourth-order valence-electron chi connectivity index (χ4n) is 1.91. The lowest BCUT2D eigenvalue weighted by Crippen LogP contribution is -2.47. The van der Waals surface area contributed by atoms with E-state index in [1.165, 1.54) is 11.1 Å². The average molecular weight is 245 g/mol. The van der Waals surface area contributed by atoms with Crippen LogP contribution in [-0.4, -0.2) is 17.6 Å². The molecule has 1 aliphatic heterocycles. The van der Waals surface area contributed by atoms with Crippen molar-refractivity contribution < 1.29 is 0 Å². The summed E-state index contributed by atoms with van der Waals surface area (Å²) in [5, 5.41) is 6.17. The Morgan fingerprint density at radius 2 is 1.94 bits per heavy atom. The second-order valence-corrected chi connectivity index (χ2v) is 5.02. The van der Waals surface area contributed by atoms with E-state index in [0.29, 0.717) is 11.9 Å². The number of hydrogen-bond donors (Lipinski definition) is 3. The maximum Gasteiger partial charge on any atom is 0.205 e.